The van der Waals surface area contributed by atoms with E-state index >= 15 is 0 Å². The first-order valence-electron chi connectivity index (χ1n) is 45.5. The smallest absolute Gasteiger partial charge is 0.252 e. The molecule has 0 N–H and O–H groups in total. The van der Waals surface area contributed by atoms with Crippen molar-refractivity contribution in [2.75, 3.05) is 19.6 Å². The normalized spacial score (nSPS) is 14.0. The van der Waals surface area contributed by atoms with Crippen molar-refractivity contribution >= 4 is 135 Å². The quantitative estimate of drug-likeness (QED) is 0.127. The highest BCUT2D eigenvalue weighted by Crippen LogP contribution is 2.59. The number of hydrogen-bond acceptors (Lipinski definition) is 6. The Morgan fingerprint density at radius 3 is 0.878 bits per heavy atom. The maximum absolute atomic E-state index is 12.2. The van der Waals surface area contributed by atoms with Gasteiger partial charge in [-0.3, -0.25) is 0 Å². The van der Waals surface area contributed by atoms with Crippen LogP contribution in [0.2, 0.25) is 0 Å². The molecule has 8 nitrogen and oxygen atoms in total. The van der Waals surface area contributed by atoms with Gasteiger partial charge < -0.3 is 38.2 Å². The predicted molar refractivity (Wildman–Crippen MR) is 517 cm³/mol. The molecule has 123 heavy (non-hydrogen) atoms. The van der Waals surface area contributed by atoms with Gasteiger partial charge in [-0.1, -0.05) is 293 Å². The third-order valence-electron chi connectivity index (χ3n) is 25.3. The molecule has 0 unspecified atom stereocenters. The van der Waals surface area contributed by atoms with E-state index in [1.165, 1.54) is 0 Å². The Kier molecular flexibility index (Phi) is 15.2. The van der Waals surface area contributed by atoms with E-state index in [1.807, 2.05) is 143 Å². The molecule has 4 aliphatic rings. The second-order valence-corrected chi connectivity index (χ2v) is 35.9. The Morgan fingerprint density at radius 1 is 0.260 bits per heavy atom. The monoisotopic (exact) mass is 1590 g/mol. The number of para-hydroxylation sites is 10. The first kappa shape index (κ1) is 67.0. The highest BCUT2D eigenvalue weighted by atomic mass is 16.5. The summed E-state index contributed by atoms with van der Waals surface area (Å²) < 4.78 is 88.4. The van der Waals surface area contributed by atoms with Gasteiger partial charge in [0.2, 0.25) is 0 Å². The molecule has 0 fully saturated rings. The number of rotatable bonds is 10. The zero-order valence-corrected chi connectivity index (χ0v) is 69.9. The summed E-state index contributed by atoms with van der Waals surface area (Å²) in [7, 11) is 0. The second-order valence-electron chi connectivity index (χ2n) is 35.9. The van der Waals surface area contributed by atoms with Gasteiger partial charge in [0, 0.05) is 77.9 Å². The minimum atomic E-state index is -1.22. The van der Waals surface area contributed by atoms with Crippen LogP contribution in [-0.4, -0.2) is 15.8 Å². The number of hydrogen-bond donors (Lipinski definition) is 0. The fraction of sp³-hybridized carbons (Fsp3) is 0.105. The molecule has 4 aliphatic heterocycles. The van der Waals surface area contributed by atoms with E-state index in [2.05, 4.69) is 288 Å². The van der Waals surface area contributed by atoms with Gasteiger partial charge in [0.05, 0.1) is 75.8 Å². The van der Waals surface area contributed by atoms with Gasteiger partial charge in [0.25, 0.3) is 6.71 Å². The average Bonchev–Trinajstić information content (AvgIpc) is 1.32. The highest BCUT2D eigenvalue weighted by molar-refractivity contribution is 7.00. The van der Waals surface area contributed by atoms with E-state index in [9.17, 15) is 8.22 Å². The topological polar surface area (TPSA) is 41.3 Å². The van der Waals surface area contributed by atoms with E-state index in [1.54, 1.807) is 0 Å². The summed E-state index contributed by atoms with van der Waals surface area (Å²) in [5, 5.41) is 3.45. The summed E-state index contributed by atoms with van der Waals surface area (Å²) in [6, 6.07) is 116. The van der Waals surface area contributed by atoms with E-state index in [4.69, 9.17) is 9.47 Å². The van der Waals surface area contributed by atoms with Gasteiger partial charge in [-0.15, -0.1) is 0 Å². The molecular weight excluding hydrogens is 1500 g/mol. The fourth-order valence-corrected chi connectivity index (χ4v) is 19.4. The van der Waals surface area contributed by atoms with E-state index in [-0.39, 0.29) is 58.6 Å². The van der Waals surface area contributed by atoms with Crippen molar-refractivity contribution in [3.05, 3.63) is 393 Å². The van der Waals surface area contributed by atoms with Gasteiger partial charge in [-0.05, 0) is 217 Å². The maximum atomic E-state index is 12.2. The first-order chi connectivity index (χ1) is 62.5. The molecule has 17 aromatic carbocycles. The van der Waals surface area contributed by atoms with Crippen molar-refractivity contribution in [3.63, 3.8) is 0 Å². The van der Waals surface area contributed by atoms with Crippen LogP contribution in [0.4, 0.5) is 68.2 Å². The molecule has 0 atom stereocenters. The van der Waals surface area contributed by atoms with Crippen molar-refractivity contribution in [2.24, 2.45) is 0 Å². The molecule has 0 spiro atoms. The Bertz CT molecular complexity index is 7260. The summed E-state index contributed by atoms with van der Waals surface area (Å²) in [4.78, 5) is 9.07. The van der Waals surface area contributed by atoms with Crippen molar-refractivity contribution in [2.45, 2.75) is 78.6 Å². The molecule has 23 rings (SSSR count). The summed E-state index contributed by atoms with van der Waals surface area (Å²) in [6.07, 6.45) is 0. The van der Waals surface area contributed by atoms with Crippen molar-refractivity contribution in [1.82, 2.24) is 9.13 Å². The summed E-state index contributed by atoms with van der Waals surface area (Å²) in [5.74, 6) is 2.76. The van der Waals surface area contributed by atoms with E-state index < -0.39 is 23.0 Å². The molecule has 590 valence electrons. The Morgan fingerprint density at radius 2 is 0.545 bits per heavy atom. The largest absolute Gasteiger partial charge is 0.453 e. The minimum Gasteiger partial charge on any atom is -0.453 e. The van der Waals surface area contributed by atoms with E-state index in [0.29, 0.717) is 62.2 Å². The average molecular weight is 1590 g/mol. The van der Waals surface area contributed by atoms with Crippen LogP contribution in [0.15, 0.2) is 376 Å². The summed E-state index contributed by atoms with van der Waals surface area (Å²) in [6.45, 7) is 19.0. The molecule has 2 aromatic heterocycles. The molecule has 9 heteroatoms. The van der Waals surface area contributed by atoms with Crippen LogP contribution in [0.5, 0.6) is 23.0 Å². The SMILES string of the molecule is [2H]c1c([2H])c(-n2c3ccccc3c3c(N4c5ccccc5Oc5ccccc54)cccc32)c([2H])c2c1B1c3c(cc(C(C)(C)C)cc3N(c3c(-c4ccccc4)cc(C(C)(C)C)cc3-c3ccccc3)c3c([2H])c(-n4c5ccccc5c5c(N6c7ccccc7Oc7ccccc76)cccc54)c([2H])c([2H])c31)N2c1c(-c2ccccc2)cc(C(C)(C)C)cc1-c1ccccc1. The number of fused-ring (bicyclic) bond motifs is 14. The Hall–Kier alpha value is -14.8. The molecule has 0 radical (unpaired) electrons. The molecule has 0 saturated heterocycles. The lowest BCUT2D eigenvalue weighted by Gasteiger charge is -2.47. The van der Waals surface area contributed by atoms with Crippen LogP contribution in [0, 0.1) is 0 Å². The molecule has 0 aliphatic carbocycles. The minimum absolute atomic E-state index is 0.0428. The molecule has 0 amide bonds. The first-order valence-corrected chi connectivity index (χ1v) is 42.5. The maximum Gasteiger partial charge on any atom is 0.252 e. The van der Waals surface area contributed by atoms with Crippen LogP contribution >= 0.6 is 0 Å². The van der Waals surface area contributed by atoms with Crippen LogP contribution in [0.25, 0.3) is 99.5 Å². The lowest BCUT2D eigenvalue weighted by molar-refractivity contribution is 0.477. The number of benzene rings is 17. The lowest BCUT2D eigenvalue weighted by atomic mass is 9.33. The number of nitrogens with zero attached hydrogens (tertiary/aromatic N) is 6. The van der Waals surface area contributed by atoms with Crippen LogP contribution < -0.4 is 45.5 Å². The van der Waals surface area contributed by atoms with Gasteiger partial charge in [0.1, 0.15) is 0 Å². The van der Waals surface area contributed by atoms with Crippen molar-refractivity contribution < 1.29 is 17.7 Å². The zero-order chi connectivity index (χ0) is 88.1. The third kappa shape index (κ3) is 11.6. The lowest BCUT2D eigenvalue weighted by Crippen LogP contribution is -2.61. The van der Waals surface area contributed by atoms with Gasteiger partial charge in [-0.2, -0.15) is 0 Å². The van der Waals surface area contributed by atoms with Crippen molar-refractivity contribution in [1.29, 1.82) is 0 Å². The van der Waals surface area contributed by atoms with Gasteiger partial charge in [0.15, 0.2) is 23.0 Å². The van der Waals surface area contributed by atoms with E-state index in [0.717, 1.165) is 139 Å². The standard InChI is InChI=1S/C114H89BN6O2/c1-112(2,3)76-64-83(72-36-14-10-15-37-72)110(84(65-76)73-38-16-11-17-39-73)120-99-70-79(116-89-46-24-22-44-81(89)107-95(116)52-34-54-97(107)118-91-48-26-30-56-103(91)122-104-57-31-27-49-92(104)118)60-62-87(99)115-88-63-61-80(117-90-47-25-23-45-82(90)108-96(117)53-35-55-98(108)119-93-50-28-32-58-105(93)123-106-59-33-29-51-94(106)119)71-100(88)121(102-69-78(114(7,8)9)68-101(120)109(102)115)111-85(74-40-18-12-19-41-74)66-77(113(4,5)6)67-86(111)75-42-20-13-21-43-75/h10-71H,1-9H3/i60D,61D,62D,63D,70D,71D. The number of aromatic nitrogens is 2. The highest BCUT2D eigenvalue weighted by Gasteiger charge is 2.47. The number of ether oxygens (including phenoxy) is 2. The second kappa shape index (κ2) is 27.9. The van der Waals surface area contributed by atoms with Crippen molar-refractivity contribution in [3.8, 4) is 78.9 Å². The van der Waals surface area contributed by atoms with Crippen LogP contribution in [0.3, 0.4) is 0 Å². The summed E-state index contributed by atoms with van der Waals surface area (Å²) >= 11 is 0. The van der Waals surface area contributed by atoms with Crippen LogP contribution in [0.1, 0.15) is 87.2 Å². The molecular formula is C114H89BN6O2. The van der Waals surface area contributed by atoms with Crippen LogP contribution in [-0.2, 0) is 16.2 Å². The molecule has 0 saturated carbocycles. The number of anilines is 12. The Labute approximate surface area is 727 Å². The predicted octanol–water partition coefficient (Wildman–Crippen LogP) is 29.7. The molecule has 0 bridgehead atoms. The molecule has 19 aromatic rings. The van der Waals surface area contributed by atoms with Gasteiger partial charge >= 0.3 is 0 Å². The Balaban J connectivity index is 0.907. The summed E-state index contributed by atoms with van der Waals surface area (Å²) in [5.41, 5.74) is 21.7. The fourth-order valence-electron chi connectivity index (χ4n) is 19.4. The van der Waals surface area contributed by atoms with Gasteiger partial charge in [-0.25, -0.2) is 0 Å². The molecule has 6 heterocycles. The zero-order valence-electron chi connectivity index (χ0n) is 75.9. The third-order valence-corrected chi connectivity index (χ3v) is 25.3.